The van der Waals surface area contributed by atoms with Gasteiger partial charge in [0.15, 0.2) is 6.10 Å². The van der Waals surface area contributed by atoms with Crippen LogP contribution in [0, 0.1) is 12.8 Å². The van der Waals surface area contributed by atoms with E-state index in [2.05, 4.69) is 0 Å². The van der Waals surface area contributed by atoms with Gasteiger partial charge >= 0.3 is 11.9 Å². The Balaban J connectivity index is 1.75. The van der Waals surface area contributed by atoms with Crippen LogP contribution in [-0.2, 0) is 23.9 Å². The number of anilines is 2. The fourth-order valence-corrected chi connectivity index (χ4v) is 5.70. The standard InChI is InChI=1S/C24H26N2O7S/c1-5-10-15-17-18(33-26(15)14-11-8-7-9-12-14)21(28)25(20(17)27)22-16(23(29)31-4)13(3)19(34-22)24(30)32-6-2/h7-9,11-12,15,17-18H,5-6,10H2,1-4H3/t15-,17+,18-/m0/s1. The van der Waals surface area contributed by atoms with Gasteiger partial charge in [-0.25, -0.2) is 19.6 Å². The molecule has 2 saturated heterocycles. The van der Waals surface area contributed by atoms with Gasteiger partial charge in [-0.3, -0.25) is 14.4 Å². The van der Waals surface area contributed by atoms with Crippen molar-refractivity contribution in [3.8, 4) is 0 Å². The van der Waals surface area contributed by atoms with Crippen molar-refractivity contribution in [1.29, 1.82) is 0 Å². The fraction of sp³-hybridized carbons (Fsp3) is 0.417. The van der Waals surface area contributed by atoms with Crippen LogP contribution < -0.4 is 9.96 Å². The van der Waals surface area contributed by atoms with Crippen LogP contribution in [0.4, 0.5) is 10.7 Å². The summed E-state index contributed by atoms with van der Waals surface area (Å²) in [5, 5.41) is 1.71. The van der Waals surface area contributed by atoms with Crippen molar-refractivity contribution in [3.63, 3.8) is 0 Å². The van der Waals surface area contributed by atoms with Crippen molar-refractivity contribution in [3.05, 3.63) is 46.3 Å². The molecule has 2 amide bonds. The minimum Gasteiger partial charge on any atom is -0.465 e. The smallest absolute Gasteiger partial charge is 0.348 e. The van der Waals surface area contributed by atoms with E-state index in [0.29, 0.717) is 12.0 Å². The molecule has 0 unspecified atom stereocenters. The highest BCUT2D eigenvalue weighted by Gasteiger charge is 2.60. The normalized spacial score (nSPS) is 21.7. The molecule has 3 heterocycles. The summed E-state index contributed by atoms with van der Waals surface area (Å²) in [5.74, 6) is -3.15. The Labute approximate surface area is 201 Å². The van der Waals surface area contributed by atoms with Crippen molar-refractivity contribution in [1.82, 2.24) is 0 Å². The second kappa shape index (κ2) is 9.55. The maximum Gasteiger partial charge on any atom is 0.348 e. The maximum absolute atomic E-state index is 13.7. The molecule has 0 radical (unpaired) electrons. The van der Waals surface area contributed by atoms with Crippen molar-refractivity contribution < 1.29 is 33.5 Å². The lowest BCUT2D eigenvalue weighted by atomic mass is 9.93. The molecular formula is C24H26N2O7S. The van der Waals surface area contributed by atoms with Gasteiger partial charge in [0.1, 0.15) is 9.88 Å². The summed E-state index contributed by atoms with van der Waals surface area (Å²) >= 11 is 0.873. The Kier molecular flexibility index (Phi) is 6.72. The van der Waals surface area contributed by atoms with Crippen molar-refractivity contribution in [2.45, 2.75) is 45.8 Å². The van der Waals surface area contributed by atoms with E-state index in [0.717, 1.165) is 28.3 Å². The molecule has 0 bridgehead atoms. The van der Waals surface area contributed by atoms with Gasteiger partial charge in [-0.05, 0) is 38.0 Å². The lowest BCUT2D eigenvalue weighted by molar-refractivity contribution is -0.126. The largest absolute Gasteiger partial charge is 0.465 e. The van der Waals surface area contributed by atoms with E-state index in [1.807, 2.05) is 37.3 Å². The first kappa shape index (κ1) is 23.9. The van der Waals surface area contributed by atoms with Gasteiger partial charge in [-0.2, -0.15) is 0 Å². The third kappa shape index (κ3) is 3.76. The molecule has 1 aromatic heterocycles. The third-order valence-electron chi connectivity index (χ3n) is 6.02. The average Bonchev–Trinajstić information content (AvgIpc) is 3.45. The number of ether oxygens (including phenoxy) is 2. The number of nitrogens with zero attached hydrogens (tertiary/aromatic N) is 2. The predicted molar refractivity (Wildman–Crippen MR) is 125 cm³/mol. The van der Waals surface area contributed by atoms with Gasteiger partial charge in [0.05, 0.1) is 36.9 Å². The number of carbonyl (C=O) groups excluding carboxylic acids is 4. The van der Waals surface area contributed by atoms with E-state index in [9.17, 15) is 19.2 Å². The molecule has 4 rings (SSSR count). The zero-order valence-corrected chi connectivity index (χ0v) is 20.2. The van der Waals surface area contributed by atoms with E-state index >= 15 is 0 Å². The quantitative estimate of drug-likeness (QED) is 0.433. The summed E-state index contributed by atoms with van der Waals surface area (Å²) in [6.45, 7) is 5.38. The summed E-state index contributed by atoms with van der Waals surface area (Å²) in [5.41, 5.74) is 1.07. The molecule has 2 fully saturated rings. The van der Waals surface area contributed by atoms with Gasteiger partial charge in [0, 0.05) is 0 Å². The number of thiophene rings is 1. The Morgan fingerprint density at radius 1 is 1.09 bits per heavy atom. The first-order chi connectivity index (χ1) is 16.3. The van der Waals surface area contributed by atoms with Gasteiger partial charge < -0.3 is 9.47 Å². The van der Waals surface area contributed by atoms with Crippen LogP contribution in [0.1, 0.15) is 52.3 Å². The van der Waals surface area contributed by atoms with E-state index in [1.165, 1.54) is 7.11 Å². The summed E-state index contributed by atoms with van der Waals surface area (Å²) in [7, 11) is 1.20. The number of fused-ring (bicyclic) bond motifs is 1. The minimum absolute atomic E-state index is 0.00387. The Bertz CT molecular complexity index is 1130. The number of rotatable bonds is 7. The molecule has 1 aromatic carbocycles. The van der Waals surface area contributed by atoms with Crippen molar-refractivity contribution >= 4 is 45.8 Å². The molecule has 2 aromatic rings. The molecule has 0 saturated carbocycles. The van der Waals surface area contributed by atoms with Crippen LogP contribution >= 0.6 is 11.3 Å². The van der Waals surface area contributed by atoms with Crippen molar-refractivity contribution in [2.75, 3.05) is 23.7 Å². The van der Waals surface area contributed by atoms with E-state index in [1.54, 1.807) is 18.9 Å². The molecule has 9 nitrogen and oxygen atoms in total. The van der Waals surface area contributed by atoms with Crippen LogP contribution in [0.15, 0.2) is 30.3 Å². The predicted octanol–water partition coefficient (Wildman–Crippen LogP) is 3.50. The van der Waals surface area contributed by atoms with Gasteiger partial charge in [0.2, 0.25) is 5.91 Å². The highest BCUT2D eigenvalue weighted by atomic mass is 32.1. The van der Waals surface area contributed by atoms with E-state index in [4.69, 9.17) is 14.3 Å². The molecule has 0 N–H and O–H groups in total. The Morgan fingerprint density at radius 2 is 1.79 bits per heavy atom. The molecule has 0 spiro atoms. The summed E-state index contributed by atoms with van der Waals surface area (Å²) in [6, 6.07) is 8.97. The number of para-hydroxylation sites is 1. The van der Waals surface area contributed by atoms with Gasteiger partial charge in [-0.1, -0.05) is 31.5 Å². The molecule has 10 heteroatoms. The van der Waals surface area contributed by atoms with Gasteiger partial charge in [-0.15, -0.1) is 11.3 Å². The molecule has 3 atom stereocenters. The SMILES string of the molecule is CCC[C@H]1[C@H]2C(=O)N(c3sc(C(=O)OCC)c(C)c3C(=O)OC)C(=O)[C@H]2ON1c1ccccc1. The van der Waals surface area contributed by atoms with Crippen molar-refractivity contribution in [2.24, 2.45) is 5.92 Å². The second-order valence-electron chi connectivity index (χ2n) is 8.03. The highest BCUT2D eigenvalue weighted by molar-refractivity contribution is 7.19. The highest BCUT2D eigenvalue weighted by Crippen LogP contribution is 2.45. The number of hydrogen-bond donors (Lipinski definition) is 0. The third-order valence-corrected chi connectivity index (χ3v) is 7.27. The number of methoxy groups -OCH3 is 1. The van der Waals surface area contributed by atoms with E-state index < -0.39 is 35.8 Å². The van der Waals surface area contributed by atoms with Gasteiger partial charge in [0.25, 0.3) is 5.91 Å². The van der Waals surface area contributed by atoms with Crippen LogP contribution in [0.25, 0.3) is 0 Å². The topological polar surface area (TPSA) is 102 Å². The first-order valence-electron chi connectivity index (χ1n) is 11.1. The number of hydrogen-bond acceptors (Lipinski definition) is 9. The molecule has 0 aliphatic carbocycles. The zero-order chi connectivity index (χ0) is 24.6. The van der Waals surface area contributed by atoms with E-state index in [-0.39, 0.29) is 28.1 Å². The minimum atomic E-state index is -1.02. The monoisotopic (exact) mass is 486 g/mol. The number of amides is 2. The molecule has 34 heavy (non-hydrogen) atoms. The number of hydroxylamine groups is 1. The second-order valence-corrected chi connectivity index (χ2v) is 9.03. The average molecular weight is 487 g/mol. The number of carbonyl (C=O) groups is 4. The molecule has 2 aliphatic rings. The molecule has 180 valence electrons. The summed E-state index contributed by atoms with van der Waals surface area (Å²) in [4.78, 5) is 59.4. The fourth-order valence-electron chi connectivity index (χ4n) is 4.50. The lowest BCUT2D eigenvalue weighted by Crippen LogP contribution is -2.40. The van der Waals surface area contributed by atoms with Crippen LogP contribution in [0.3, 0.4) is 0 Å². The lowest BCUT2D eigenvalue weighted by Gasteiger charge is -2.28. The van der Waals surface area contributed by atoms with Crippen LogP contribution in [0.5, 0.6) is 0 Å². The van der Waals surface area contributed by atoms with Crippen LogP contribution in [0.2, 0.25) is 0 Å². The summed E-state index contributed by atoms with van der Waals surface area (Å²) in [6.07, 6.45) is 0.383. The number of benzene rings is 1. The summed E-state index contributed by atoms with van der Waals surface area (Å²) < 4.78 is 9.99. The maximum atomic E-state index is 13.7. The Morgan fingerprint density at radius 3 is 2.41 bits per heavy atom. The Hall–Kier alpha value is -3.24. The first-order valence-corrected chi connectivity index (χ1v) is 11.9. The molecular weight excluding hydrogens is 460 g/mol. The molecule has 2 aliphatic heterocycles. The number of imide groups is 1. The number of esters is 2. The van der Waals surface area contributed by atoms with Crippen LogP contribution in [-0.4, -0.2) is 49.6 Å². The zero-order valence-electron chi connectivity index (χ0n) is 19.4.